The Balaban J connectivity index is 1.66. The SMILES string of the molecule is COC1C(O)[C@@H](CO)O[C@H]1n1cnc2c(NC3CCCC3)ncnc21. The molecule has 1 saturated carbocycles. The Morgan fingerprint density at radius 3 is 2.84 bits per heavy atom. The summed E-state index contributed by atoms with van der Waals surface area (Å²) in [5.41, 5.74) is 1.27. The molecule has 0 bridgehead atoms. The topological polar surface area (TPSA) is 115 Å². The molecule has 2 fully saturated rings. The molecule has 0 aromatic carbocycles. The van der Waals surface area contributed by atoms with Crippen LogP contribution < -0.4 is 5.32 Å². The van der Waals surface area contributed by atoms with Crippen LogP contribution in [0.25, 0.3) is 11.2 Å². The third-order valence-corrected chi connectivity index (χ3v) is 5.09. The smallest absolute Gasteiger partial charge is 0.167 e. The number of ether oxygens (including phenoxy) is 2. The van der Waals surface area contributed by atoms with Gasteiger partial charge in [-0.2, -0.15) is 0 Å². The van der Waals surface area contributed by atoms with Gasteiger partial charge in [0, 0.05) is 13.2 Å². The van der Waals surface area contributed by atoms with E-state index < -0.39 is 24.5 Å². The average Bonchev–Trinajstić information content (AvgIpc) is 3.33. The first-order chi connectivity index (χ1) is 12.2. The molecule has 0 radical (unpaired) electrons. The number of imidazole rings is 1. The van der Waals surface area contributed by atoms with Gasteiger partial charge in [-0.15, -0.1) is 0 Å². The molecule has 2 aliphatic rings. The summed E-state index contributed by atoms with van der Waals surface area (Å²) in [4.78, 5) is 13.1. The van der Waals surface area contributed by atoms with Crippen molar-refractivity contribution in [2.75, 3.05) is 19.0 Å². The van der Waals surface area contributed by atoms with E-state index in [-0.39, 0.29) is 6.61 Å². The molecule has 136 valence electrons. The van der Waals surface area contributed by atoms with Crippen LogP contribution in [0.5, 0.6) is 0 Å². The van der Waals surface area contributed by atoms with Crippen LogP contribution in [0.4, 0.5) is 5.82 Å². The Hall–Kier alpha value is -1.81. The number of nitrogens with zero attached hydrogens (tertiary/aromatic N) is 4. The second-order valence-electron chi connectivity index (χ2n) is 6.61. The number of fused-ring (bicyclic) bond motifs is 1. The van der Waals surface area contributed by atoms with E-state index in [1.165, 1.54) is 26.3 Å². The van der Waals surface area contributed by atoms with Crippen LogP contribution in [-0.2, 0) is 9.47 Å². The van der Waals surface area contributed by atoms with Crippen molar-refractivity contribution < 1.29 is 19.7 Å². The lowest BCUT2D eigenvalue weighted by Gasteiger charge is -2.20. The Morgan fingerprint density at radius 1 is 1.32 bits per heavy atom. The summed E-state index contributed by atoms with van der Waals surface area (Å²) >= 11 is 0. The fraction of sp³-hybridized carbons (Fsp3) is 0.688. The predicted octanol–water partition coefficient (Wildman–Crippen LogP) is 0.446. The molecule has 25 heavy (non-hydrogen) atoms. The van der Waals surface area contributed by atoms with Crippen LogP contribution >= 0.6 is 0 Å². The average molecular weight is 349 g/mol. The summed E-state index contributed by atoms with van der Waals surface area (Å²) in [6.07, 6.45) is 4.98. The third-order valence-electron chi connectivity index (χ3n) is 5.09. The van der Waals surface area contributed by atoms with E-state index in [2.05, 4.69) is 20.3 Å². The second-order valence-corrected chi connectivity index (χ2v) is 6.61. The molecule has 4 rings (SSSR count). The van der Waals surface area contributed by atoms with Gasteiger partial charge in [0.05, 0.1) is 12.9 Å². The quantitative estimate of drug-likeness (QED) is 0.713. The number of rotatable bonds is 5. The highest BCUT2D eigenvalue weighted by atomic mass is 16.6. The molecule has 4 atom stereocenters. The van der Waals surface area contributed by atoms with Crippen molar-refractivity contribution >= 4 is 17.0 Å². The van der Waals surface area contributed by atoms with E-state index in [0.717, 1.165) is 12.8 Å². The molecule has 2 aromatic rings. The lowest BCUT2D eigenvalue weighted by atomic mass is 10.1. The number of aromatic nitrogens is 4. The normalized spacial score (nSPS) is 30.4. The lowest BCUT2D eigenvalue weighted by molar-refractivity contribution is -0.0583. The second kappa shape index (κ2) is 6.83. The molecule has 2 aromatic heterocycles. The minimum Gasteiger partial charge on any atom is -0.394 e. The van der Waals surface area contributed by atoms with Crippen molar-refractivity contribution in [1.82, 2.24) is 19.5 Å². The van der Waals surface area contributed by atoms with E-state index in [4.69, 9.17) is 9.47 Å². The van der Waals surface area contributed by atoms with Crippen molar-refractivity contribution in [3.63, 3.8) is 0 Å². The zero-order valence-electron chi connectivity index (χ0n) is 14.1. The van der Waals surface area contributed by atoms with Crippen LogP contribution in [0.15, 0.2) is 12.7 Å². The van der Waals surface area contributed by atoms with Crippen LogP contribution in [-0.4, -0.2) is 67.8 Å². The van der Waals surface area contributed by atoms with E-state index in [1.807, 2.05) is 0 Å². The first-order valence-electron chi connectivity index (χ1n) is 8.64. The zero-order valence-corrected chi connectivity index (χ0v) is 14.1. The minimum atomic E-state index is -0.921. The van der Waals surface area contributed by atoms with Crippen molar-refractivity contribution in [3.8, 4) is 0 Å². The molecule has 9 heteroatoms. The first-order valence-corrected chi connectivity index (χ1v) is 8.64. The van der Waals surface area contributed by atoms with E-state index in [1.54, 1.807) is 10.9 Å². The molecule has 1 saturated heterocycles. The van der Waals surface area contributed by atoms with Crippen LogP contribution in [0.2, 0.25) is 0 Å². The van der Waals surface area contributed by atoms with Crippen LogP contribution in [0, 0.1) is 0 Å². The molecule has 3 heterocycles. The number of methoxy groups -OCH3 is 1. The van der Waals surface area contributed by atoms with Gasteiger partial charge in [0.2, 0.25) is 0 Å². The van der Waals surface area contributed by atoms with Crippen LogP contribution in [0.3, 0.4) is 0 Å². The molecular formula is C16H23N5O4. The minimum absolute atomic E-state index is 0.284. The molecule has 0 amide bonds. The summed E-state index contributed by atoms with van der Waals surface area (Å²) in [6, 6.07) is 0.415. The van der Waals surface area contributed by atoms with Crippen molar-refractivity contribution in [2.24, 2.45) is 0 Å². The maximum Gasteiger partial charge on any atom is 0.167 e. The van der Waals surface area contributed by atoms with Gasteiger partial charge in [-0.3, -0.25) is 4.57 Å². The molecule has 9 nitrogen and oxygen atoms in total. The van der Waals surface area contributed by atoms with Crippen molar-refractivity contribution in [2.45, 2.75) is 56.3 Å². The summed E-state index contributed by atoms with van der Waals surface area (Å²) in [7, 11) is 1.51. The highest BCUT2D eigenvalue weighted by Gasteiger charge is 2.45. The lowest BCUT2D eigenvalue weighted by Crippen LogP contribution is -2.34. The number of aliphatic hydroxyl groups excluding tert-OH is 2. The van der Waals surface area contributed by atoms with E-state index in [9.17, 15) is 10.2 Å². The van der Waals surface area contributed by atoms with Gasteiger partial charge in [-0.25, -0.2) is 15.0 Å². The monoisotopic (exact) mass is 349 g/mol. The van der Waals surface area contributed by atoms with Gasteiger partial charge >= 0.3 is 0 Å². The highest BCUT2D eigenvalue weighted by molar-refractivity contribution is 5.82. The van der Waals surface area contributed by atoms with Crippen molar-refractivity contribution in [3.05, 3.63) is 12.7 Å². The number of anilines is 1. The maximum absolute atomic E-state index is 10.2. The van der Waals surface area contributed by atoms with Gasteiger partial charge in [0.15, 0.2) is 23.2 Å². The fourth-order valence-electron chi connectivity index (χ4n) is 3.76. The Labute approximate surface area is 145 Å². The molecular weight excluding hydrogens is 326 g/mol. The summed E-state index contributed by atoms with van der Waals surface area (Å²) in [6.45, 7) is -0.284. The predicted molar refractivity (Wildman–Crippen MR) is 89.0 cm³/mol. The number of nitrogens with one attached hydrogen (secondary N) is 1. The number of aliphatic hydroxyl groups is 2. The summed E-state index contributed by atoms with van der Waals surface area (Å²) in [5, 5.41) is 23.1. The van der Waals surface area contributed by atoms with Gasteiger partial charge in [0.1, 0.15) is 24.6 Å². The molecule has 3 N–H and O–H groups in total. The highest BCUT2D eigenvalue weighted by Crippen LogP contribution is 2.34. The Morgan fingerprint density at radius 2 is 2.12 bits per heavy atom. The molecule has 1 aliphatic carbocycles. The van der Waals surface area contributed by atoms with Gasteiger partial charge in [-0.05, 0) is 12.8 Å². The zero-order chi connectivity index (χ0) is 17.4. The van der Waals surface area contributed by atoms with Crippen LogP contribution in [0.1, 0.15) is 31.9 Å². The summed E-state index contributed by atoms with van der Waals surface area (Å²) < 4.78 is 12.9. The van der Waals surface area contributed by atoms with Gasteiger partial charge in [-0.1, -0.05) is 12.8 Å². The third kappa shape index (κ3) is 2.86. The standard InChI is InChI=1S/C16H23N5O4/c1-24-13-12(23)10(6-22)25-16(13)21-8-19-11-14(17-7-18-15(11)21)20-9-4-2-3-5-9/h7-10,12-13,16,22-23H,2-6H2,1H3,(H,17,18,20)/t10-,12?,13?,16-/m1/s1. The van der Waals surface area contributed by atoms with Gasteiger partial charge in [0.25, 0.3) is 0 Å². The fourth-order valence-corrected chi connectivity index (χ4v) is 3.76. The molecule has 1 aliphatic heterocycles. The molecule has 2 unspecified atom stereocenters. The first kappa shape index (κ1) is 16.6. The maximum atomic E-state index is 10.2. The van der Waals surface area contributed by atoms with E-state index >= 15 is 0 Å². The Bertz CT molecular complexity index is 732. The number of hydrogen-bond acceptors (Lipinski definition) is 8. The Kier molecular flexibility index (Phi) is 4.55. The largest absolute Gasteiger partial charge is 0.394 e. The summed E-state index contributed by atoms with van der Waals surface area (Å²) in [5.74, 6) is 0.710. The van der Waals surface area contributed by atoms with E-state index in [0.29, 0.717) is 23.0 Å². The van der Waals surface area contributed by atoms with Crippen molar-refractivity contribution in [1.29, 1.82) is 0 Å². The molecule has 0 spiro atoms. The number of hydrogen-bond donors (Lipinski definition) is 3. The van der Waals surface area contributed by atoms with Gasteiger partial charge < -0.3 is 25.0 Å².